The zero-order chi connectivity index (χ0) is 33.1. The highest BCUT2D eigenvalue weighted by Gasteiger charge is 2.26. The minimum atomic E-state index is -3.94. The van der Waals surface area contributed by atoms with E-state index in [0.717, 1.165) is 66.5 Å². The molecule has 0 unspecified atom stereocenters. The second-order valence-corrected chi connectivity index (χ2v) is 14.3. The van der Waals surface area contributed by atoms with Gasteiger partial charge in [-0.05, 0) is 57.1 Å². The molecule has 1 amide bonds. The Morgan fingerprint density at radius 2 is 1.96 bits per heavy atom. The molecule has 5 aromatic rings. The lowest BCUT2D eigenvalue weighted by Gasteiger charge is -2.31. The van der Waals surface area contributed by atoms with Crippen LogP contribution in [0.3, 0.4) is 0 Å². The Kier molecular flexibility index (Phi) is 9.89. The van der Waals surface area contributed by atoms with Gasteiger partial charge in [0.05, 0.1) is 35.5 Å². The number of hydrogen-bond acceptors (Lipinski definition) is 9. The largest absolute Gasteiger partial charge is 0.473 e. The first-order valence-electron chi connectivity index (χ1n) is 15.1. The molecule has 0 spiro atoms. The van der Waals surface area contributed by atoms with Crippen LogP contribution in [0.15, 0.2) is 55.0 Å². The van der Waals surface area contributed by atoms with Gasteiger partial charge < -0.3 is 13.9 Å². The SMILES string of the molecule is CCn1cncc1Cn1c(CN2CCC(c3cccc(OCc4ccc(Cl)cc4F)n3)CC2)nc2sc(C(=O)NS(=O)(=O)NC)cc21. The summed E-state index contributed by atoms with van der Waals surface area (Å²) in [5, 5.41) is 0.337. The van der Waals surface area contributed by atoms with Crippen LogP contribution in [0.25, 0.3) is 10.3 Å². The number of pyridine rings is 1. The fraction of sp³-hybridized carbons (Fsp3) is 0.355. The maximum Gasteiger partial charge on any atom is 0.301 e. The number of carbonyl (C=O) groups excluding carboxylic acids is 1. The molecule has 1 aromatic carbocycles. The fourth-order valence-corrected chi connectivity index (χ4v) is 7.26. The number of aryl methyl sites for hydroxylation is 1. The number of carbonyl (C=O) groups is 1. The second-order valence-electron chi connectivity index (χ2n) is 11.2. The number of piperidine rings is 1. The normalized spacial score (nSPS) is 14.6. The molecule has 2 N–H and O–H groups in total. The summed E-state index contributed by atoms with van der Waals surface area (Å²) in [6.07, 6.45) is 5.39. The van der Waals surface area contributed by atoms with Crippen molar-refractivity contribution in [2.24, 2.45) is 0 Å². The second kappa shape index (κ2) is 14.1. The van der Waals surface area contributed by atoms with Crippen molar-refractivity contribution in [2.45, 2.75) is 51.9 Å². The van der Waals surface area contributed by atoms with E-state index in [9.17, 15) is 17.6 Å². The van der Waals surface area contributed by atoms with Crippen LogP contribution in [0.4, 0.5) is 4.39 Å². The van der Waals surface area contributed by atoms with E-state index in [-0.39, 0.29) is 17.4 Å². The number of thiophene rings is 1. The van der Waals surface area contributed by atoms with Crippen LogP contribution in [-0.4, -0.2) is 63.4 Å². The number of ether oxygens (including phenoxy) is 1. The number of hydrogen-bond donors (Lipinski definition) is 2. The lowest BCUT2D eigenvalue weighted by molar-refractivity contribution is 0.0985. The van der Waals surface area contributed by atoms with Crippen LogP contribution in [0.1, 0.15) is 58.1 Å². The number of benzene rings is 1. The highest BCUT2D eigenvalue weighted by molar-refractivity contribution is 7.88. The van der Waals surface area contributed by atoms with Gasteiger partial charge in [0.15, 0.2) is 0 Å². The lowest BCUT2D eigenvalue weighted by Crippen LogP contribution is -2.37. The van der Waals surface area contributed by atoms with Gasteiger partial charge in [-0.2, -0.15) is 8.42 Å². The van der Waals surface area contributed by atoms with E-state index in [4.69, 9.17) is 26.3 Å². The van der Waals surface area contributed by atoms with Crippen LogP contribution in [0.5, 0.6) is 5.88 Å². The third kappa shape index (κ3) is 7.65. The van der Waals surface area contributed by atoms with E-state index in [0.29, 0.717) is 34.4 Å². The summed E-state index contributed by atoms with van der Waals surface area (Å²) < 4.78 is 52.0. The Morgan fingerprint density at radius 1 is 1.15 bits per heavy atom. The Balaban J connectivity index is 1.15. The smallest absolute Gasteiger partial charge is 0.301 e. The van der Waals surface area contributed by atoms with E-state index in [1.54, 1.807) is 30.6 Å². The van der Waals surface area contributed by atoms with Gasteiger partial charge >= 0.3 is 10.2 Å². The summed E-state index contributed by atoms with van der Waals surface area (Å²) in [4.78, 5) is 29.9. The third-order valence-corrected chi connectivity index (χ3v) is 10.5. The summed E-state index contributed by atoms with van der Waals surface area (Å²) in [6.45, 7) is 5.63. The minimum absolute atomic E-state index is 0.0578. The summed E-state index contributed by atoms with van der Waals surface area (Å²) >= 11 is 7.01. The number of likely N-dealkylation sites (tertiary alicyclic amines) is 1. The zero-order valence-electron chi connectivity index (χ0n) is 25.8. The average Bonchev–Trinajstić information content (AvgIpc) is 3.77. The molecule has 248 valence electrons. The van der Waals surface area contributed by atoms with Crippen molar-refractivity contribution in [3.05, 3.63) is 93.5 Å². The van der Waals surface area contributed by atoms with Crippen molar-refractivity contribution in [3.8, 4) is 5.88 Å². The first-order chi connectivity index (χ1) is 22.6. The molecule has 1 aliphatic rings. The van der Waals surface area contributed by atoms with Gasteiger partial charge in [-0.3, -0.25) is 9.69 Å². The van der Waals surface area contributed by atoms with Crippen molar-refractivity contribution in [1.29, 1.82) is 0 Å². The van der Waals surface area contributed by atoms with Gasteiger partial charge in [-0.1, -0.05) is 23.7 Å². The maximum atomic E-state index is 14.2. The van der Waals surface area contributed by atoms with Crippen molar-refractivity contribution in [1.82, 2.24) is 38.4 Å². The minimum Gasteiger partial charge on any atom is -0.473 e. The van der Waals surface area contributed by atoms with Crippen LogP contribution in [0, 0.1) is 5.82 Å². The molecule has 1 aliphatic heterocycles. The van der Waals surface area contributed by atoms with E-state index in [2.05, 4.69) is 23.7 Å². The van der Waals surface area contributed by atoms with Crippen LogP contribution in [-0.2, 0) is 36.5 Å². The van der Waals surface area contributed by atoms with Crippen LogP contribution >= 0.6 is 22.9 Å². The molecule has 47 heavy (non-hydrogen) atoms. The van der Waals surface area contributed by atoms with Gasteiger partial charge in [0.1, 0.15) is 23.1 Å². The van der Waals surface area contributed by atoms with E-state index >= 15 is 0 Å². The van der Waals surface area contributed by atoms with Crippen LogP contribution in [0.2, 0.25) is 5.02 Å². The standard InChI is InChI=1S/C31H34ClFN8O4S2/c1-3-40-19-35-15-23(40)16-41-26-14-27(30(42)38-47(43,44)34-2)46-31(26)37-28(41)17-39-11-9-20(10-12-39)25-5-4-6-29(36-25)45-18-21-7-8-22(32)13-24(21)33/h4-8,13-15,19-20,34H,3,9-12,16-18H2,1-2H3,(H,38,42). The first-order valence-corrected chi connectivity index (χ1v) is 17.8. The molecule has 0 bridgehead atoms. The molecule has 1 saturated heterocycles. The topological polar surface area (TPSA) is 136 Å². The molecular weight excluding hydrogens is 667 g/mol. The molecule has 0 atom stereocenters. The first kappa shape index (κ1) is 33.0. The number of nitrogens with zero attached hydrogens (tertiary/aromatic N) is 6. The van der Waals surface area contributed by atoms with Gasteiger partial charge in [0.2, 0.25) is 5.88 Å². The van der Waals surface area contributed by atoms with Gasteiger partial charge in [-0.15, -0.1) is 11.3 Å². The lowest BCUT2D eigenvalue weighted by atomic mass is 9.93. The van der Waals surface area contributed by atoms with Crippen molar-refractivity contribution in [2.75, 3.05) is 20.1 Å². The molecular formula is C31H34ClFN8O4S2. The van der Waals surface area contributed by atoms with Gasteiger partial charge in [-0.25, -0.2) is 28.8 Å². The highest BCUT2D eigenvalue weighted by Crippen LogP contribution is 2.31. The number of rotatable bonds is 12. The summed E-state index contributed by atoms with van der Waals surface area (Å²) in [5.41, 5.74) is 3.11. The number of nitrogens with one attached hydrogen (secondary N) is 2. The number of halogens is 2. The molecule has 4 aromatic heterocycles. The predicted octanol–water partition coefficient (Wildman–Crippen LogP) is 4.70. The number of imidazole rings is 2. The summed E-state index contributed by atoms with van der Waals surface area (Å²) in [7, 11) is -2.70. The molecule has 0 radical (unpaired) electrons. The third-order valence-electron chi connectivity index (χ3n) is 8.21. The van der Waals surface area contributed by atoms with Crippen molar-refractivity contribution < 1.29 is 22.3 Å². The monoisotopic (exact) mass is 700 g/mol. The predicted molar refractivity (Wildman–Crippen MR) is 177 cm³/mol. The van der Waals surface area contributed by atoms with E-state index in [1.165, 1.54) is 13.1 Å². The molecule has 5 heterocycles. The Bertz CT molecular complexity index is 2000. The molecule has 0 aliphatic carbocycles. The Morgan fingerprint density at radius 3 is 2.70 bits per heavy atom. The number of aromatic nitrogens is 5. The highest BCUT2D eigenvalue weighted by atomic mass is 35.5. The summed E-state index contributed by atoms with van der Waals surface area (Å²) in [5.74, 6) is 0.426. The van der Waals surface area contributed by atoms with E-state index < -0.39 is 21.9 Å². The van der Waals surface area contributed by atoms with E-state index in [1.807, 2.05) is 30.0 Å². The van der Waals surface area contributed by atoms with Gasteiger partial charge in [0.25, 0.3) is 5.91 Å². The Labute approximate surface area is 280 Å². The number of amides is 1. The van der Waals surface area contributed by atoms with Gasteiger partial charge in [0, 0.05) is 48.1 Å². The zero-order valence-corrected chi connectivity index (χ0v) is 28.2. The quantitative estimate of drug-likeness (QED) is 0.191. The van der Waals surface area contributed by atoms with Crippen molar-refractivity contribution >= 4 is 49.4 Å². The molecule has 6 rings (SSSR count). The average molecular weight is 701 g/mol. The molecule has 1 fully saturated rings. The van der Waals surface area contributed by atoms with Crippen molar-refractivity contribution in [3.63, 3.8) is 0 Å². The fourth-order valence-electron chi connectivity index (χ4n) is 5.64. The number of fused-ring (bicyclic) bond motifs is 1. The molecule has 0 saturated carbocycles. The summed E-state index contributed by atoms with van der Waals surface area (Å²) in [6, 6.07) is 11.9. The maximum absolute atomic E-state index is 14.2. The van der Waals surface area contributed by atoms with Crippen LogP contribution < -0.4 is 14.2 Å². The molecule has 12 nitrogen and oxygen atoms in total. The molecule has 16 heteroatoms. The Hall–Kier alpha value is -3.89.